The van der Waals surface area contributed by atoms with Gasteiger partial charge in [0.25, 0.3) is 5.91 Å². The number of aliphatic hydroxyl groups excluding tert-OH is 1. The molecule has 0 radical (unpaired) electrons. The van der Waals surface area contributed by atoms with Crippen molar-refractivity contribution < 1.29 is 14.6 Å². The third-order valence-corrected chi connectivity index (χ3v) is 4.56. The standard InChI is InChI=1S/C19H21ClN2O3/c20-16-8-14(13-4-2-1-3-5-13)6-7-18(16)25-12-19(24)22-10-15-9-21-11-17(15)23/h1-8,15,17,21,23H,9-12H2,(H,22,24). The van der Waals surface area contributed by atoms with E-state index in [1.807, 2.05) is 42.5 Å². The van der Waals surface area contributed by atoms with E-state index in [0.717, 1.165) is 11.1 Å². The lowest BCUT2D eigenvalue weighted by Gasteiger charge is -2.14. The topological polar surface area (TPSA) is 70.6 Å². The maximum atomic E-state index is 11.9. The van der Waals surface area contributed by atoms with Crippen LogP contribution in [0.3, 0.4) is 0 Å². The van der Waals surface area contributed by atoms with Crippen molar-refractivity contribution in [3.8, 4) is 16.9 Å². The zero-order valence-corrected chi connectivity index (χ0v) is 14.5. The minimum Gasteiger partial charge on any atom is -0.482 e. The van der Waals surface area contributed by atoms with Crippen molar-refractivity contribution in [1.82, 2.24) is 10.6 Å². The Morgan fingerprint density at radius 1 is 1.20 bits per heavy atom. The van der Waals surface area contributed by atoms with E-state index in [4.69, 9.17) is 16.3 Å². The number of halogens is 1. The van der Waals surface area contributed by atoms with Crippen LogP contribution < -0.4 is 15.4 Å². The first-order valence-corrected chi connectivity index (χ1v) is 8.64. The molecule has 2 aromatic rings. The summed E-state index contributed by atoms with van der Waals surface area (Å²) in [4.78, 5) is 11.9. The van der Waals surface area contributed by atoms with Gasteiger partial charge in [0.05, 0.1) is 11.1 Å². The molecule has 0 saturated carbocycles. The highest BCUT2D eigenvalue weighted by molar-refractivity contribution is 6.32. The molecule has 3 rings (SSSR count). The van der Waals surface area contributed by atoms with Crippen LogP contribution in [-0.2, 0) is 4.79 Å². The number of β-amino-alcohol motifs (C(OH)–C–C–N with tert-alkyl or cyclic N) is 1. The van der Waals surface area contributed by atoms with E-state index in [1.165, 1.54) is 0 Å². The van der Waals surface area contributed by atoms with Crippen LogP contribution in [0.15, 0.2) is 48.5 Å². The van der Waals surface area contributed by atoms with E-state index in [-0.39, 0.29) is 18.4 Å². The highest BCUT2D eigenvalue weighted by atomic mass is 35.5. The number of ether oxygens (including phenoxy) is 1. The molecule has 3 N–H and O–H groups in total. The second-order valence-electron chi connectivity index (χ2n) is 6.09. The van der Waals surface area contributed by atoms with Crippen LogP contribution in [0.1, 0.15) is 0 Å². The largest absolute Gasteiger partial charge is 0.482 e. The Hall–Kier alpha value is -2.08. The summed E-state index contributed by atoms with van der Waals surface area (Å²) in [7, 11) is 0. The molecule has 0 spiro atoms. The van der Waals surface area contributed by atoms with Gasteiger partial charge in [0.15, 0.2) is 6.61 Å². The second-order valence-corrected chi connectivity index (χ2v) is 6.50. The first-order valence-electron chi connectivity index (χ1n) is 8.27. The molecule has 1 amide bonds. The predicted molar refractivity (Wildman–Crippen MR) is 97.8 cm³/mol. The highest BCUT2D eigenvalue weighted by Gasteiger charge is 2.25. The summed E-state index contributed by atoms with van der Waals surface area (Å²) >= 11 is 6.26. The van der Waals surface area contributed by atoms with Gasteiger partial charge >= 0.3 is 0 Å². The van der Waals surface area contributed by atoms with Gasteiger partial charge in [0.1, 0.15) is 5.75 Å². The Labute approximate surface area is 152 Å². The van der Waals surface area contributed by atoms with Crippen molar-refractivity contribution in [2.24, 2.45) is 5.92 Å². The number of benzene rings is 2. The molecule has 0 bridgehead atoms. The zero-order valence-electron chi connectivity index (χ0n) is 13.7. The van der Waals surface area contributed by atoms with Gasteiger partial charge in [-0.15, -0.1) is 0 Å². The van der Waals surface area contributed by atoms with Crippen molar-refractivity contribution in [2.45, 2.75) is 6.10 Å². The van der Waals surface area contributed by atoms with Crippen LogP contribution in [0.4, 0.5) is 0 Å². The highest BCUT2D eigenvalue weighted by Crippen LogP contribution is 2.30. The number of aliphatic hydroxyl groups is 1. The van der Waals surface area contributed by atoms with Crippen LogP contribution in [-0.4, -0.2) is 43.4 Å². The summed E-state index contributed by atoms with van der Waals surface area (Å²) in [5.41, 5.74) is 2.06. The number of hydrogen-bond donors (Lipinski definition) is 3. The Morgan fingerprint density at radius 2 is 2.00 bits per heavy atom. The molecule has 0 aromatic heterocycles. The van der Waals surface area contributed by atoms with E-state index in [2.05, 4.69) is 10.6 Å². The van der Waals surface area contributed by atoms with Crippen LogP contribution in [0.25, 0.3) is 11.1 Å². The lowest BCUT2D eigenvalue weighted by atomic mass is 10.1. The van der Waals surface area contributed by atoms with Gasteiger partial charge in [-0.25, -0.2) is 0 Å². The number of amides is 1. The van der Waals surface area contributed by atoms with E-state index < -0.39 is 6.10 Å². The predicted octanol–water partition coefficient (Wildman–Crippen LogP) is 2.08. The average Bonchev–Trinajstić information content (AvgIpc) is 3.04. The molecule has 6 heteroatoms. The summed E-state index contributed by atoms with van der Waals surface area (Å²) in [6.45, 7) is 1.59. The first-order chi connectivity index (χ1) is 12.1. The van der Waals surface area contributed by atoms with E-state index in [1.54, 1.807) is 6.07 Å². The minimum atomic E-state index is -0.416. The molecule has 1 aliphatic rings. The molecule has 1 heterocycles. The number of nitrogens with one attached hydrogen (secondary N) is 2. The molecule has 2 atom stereocenters. The van der Waals surface area contributed by atoms with Crippen LogP contribution in [0.5, 0.6) is 5.75 Å². The number of carbonyl (C=O) groups is 1. The average molecular weight is 361 g/mol. The van der Waals surface area contributed by atoms with Gasteiger partial charge < -0.3 is 20.5 Å². The number of carbonyl (C=O) groups excluding carboxylic acids is 1. The lowest BCUT2D eigenvalue weighted by molar-refractivity contribution is -0.123. The Balaban J connectivity index is 1.52. The summed E-state index contributed by atoms with van der Waals surface area (Å²) in [6, 6.07) is 15.4. The molecule has 1 fully saturated rings. The van der Waals surface area contributed by atoms with E-state index >= 15 is 0 Å². The maximum Gasteiger partial charge on any atom is 0.257 e. The Bertz CT molecular complexity index is 724. The third kappa shape index (κ3) is 4.72. The fourth-order valence-electron chi connectivity index (χ4n) is 2.79. The monoisotopic (exact) mass is 360 g/mol. The second kappa shape index (κ2) is 8.34. The van der Waals surface area contributed by atoms with Gasteiger partial charge in [0.2, 0.25) is 0 Å². The van der Waals surface area contributed by atoms with Crippen molar-refractivity contribution in [3.05, 3.63) is 53.6 Å². The Morgan fingerprint density at radius 3 is 2.68 bits per heavy atom. The van der Waals surface area contributed by atoms with Gasteiger partial charge in [-0.05, 0) is 23.3 Å². The van der Waals surface area contributed by atoms with Crippen molar-refractivity contribution in [2.75, 3.05) is 26.2 Å². The summed E-state index contributed by atoms with van der Waals surface area (Å²) in [5.74, 6) is 0.277. The first kappa shape index (κ1) is 17.7. The van der Waals surface area contributed by atoms with Gasteiger partial charge in [0, 0.05) is 25.6 Å². The van der Waals surface area contributed by atoms with Crippen molar-refractivity contribution in [3.63, 3.8) is 0 Å². The Kier molecular flexibility index (Phi) is 5.91. The van der Waals surface area contributed by atoms with Gasteiger partial charge in [-0.2, -0.15) is 0 Å². The lowest BCUT2D eigenvalue weighted by Crippen LogP contribution is -2.36. The maximum absolute atomic E-state index is 11.9. The van der Waals surface area contributed by atoms with Crippen LogP contribution in [0.2, 0.25) is 5.02 Å². The molecule has 2 aromatic carbocycles. The SMILES string of the molecule is O=C(COc1ccc(-c2ccccc2)cc1Cl)NCC1CNCC1O. The summed E-state index contributed by atoms with van der Waals surface area (Å²) in [6.07, 6.45) is -0.416. The van der Waals surface area contributed by atoms with Crippen molar-refractivity contribution >= 4 is 17.5 Å². The smallest absolute Gasteiger partial charge is 0.257 e. The molecule has 0 aliphatic carbocycles. The van der Waals surface area contributed by atoms with E-state index in [9.17, 15) is 9.90 Å². The van der Waals surface area contributed by atoms with Gasteiger partial charge in [-0.3, -0.25) is 4.79 Å². The van der Waals surface area contributed by atoms with E-state index in [0.29, 0.717) is 30.4 Å². The number of hydrogen-bond acceptors (Lipinski definition) is 4. The molecule has 2 unspecified atom stereocenters. The molecule has 1 saturated heterocycles. The van der Waals surface area contributed by atoms with Crippen molar-refractivity contribution in [1.29, 1.82) is 0 Å². The molecule has 1 aliphatic heterocycles. The zero-order chi connectivity index (χ0) is 17.6. The van der Waals surface area contributed by atoms with Crippen LogP contribution >= 0.6 is 11.6 Å². The normalized spacial score (nSPS) is 19.6. The quantitative estimate of drug-likeness (QED) is 0.737. The third-order valence-electron chi connectivity index (χ3n) is 4.26. The molecule has 132 valence electrons. The fraction of sp³-hybridized carbons (Fsp3) is 0.316. The van der Waals surface area contributed by atoms with Gasteiger partial charge in [-0.1, -0.05) is 48.0 Å². The summed E-state index contributed by atoms with van der Waals surface area (Å²) < 4.78 is 5.51. The van der Waals surface area contributed by atoms with Crippen LogP contribution in [0, 0.1) is 5.92 Å². The molecule has 25 heavy (non-hydrogen) atoms. The molecule has 5 nitrogen and oxygen atoms in total. The molecular formula is C19H21ClN2O3. The summed E-state index contributed by atoms with van der Waals surface area (Å²) in [5, 5.41) is 16.0. The fourth-order valence-corrected chi connectivity index (χ4v) is 3.03. The minimum absolute atomic E-state index is 0.0395. The number of rotatable bonds is 6. The molecular weight excluding hydrogens is 340 g/mol.